The van der Waals surface area contributed by atoms with Crippen molar-refractivity contribution in [1.82, 2.24) is 4.90 Å². The maximum Gasteiger partial charge on any atom is 0.417 e. The fraction of sp³-hybridized carbons (Fsp3) is 0.265. The van der Waals surface area contributed by atoms with Crippen LogP contribution in [0.3, 0.4) is 0 Å². The van der Waals surface area contributed by atoms with Crippen molar-refractivity contribution in [2.24, 2.45) is 0 Å². The van der Waals surface area contributed by atoms with Crippen molar-refractivity contribution < 1.29 is 23.4 Å². The van der Waals surface area contributed by atoms with Crippen molar-refractivity contribution in [2.75, 3.05) is 24.5 Å². The Kier molecular flexibility index (Phi) is 7.09. The molecule has 2 fully saturated rings. The molecule has 2 heterocycles. The molecule has 2 aliphatic heterocycles. The highest BCUT2D eigenvalue weighted by atomic mass is 19.1. The SMILES string of the molecule is CC1(O)N(c2cccc3ccccc23)C(=O)OC12CCN(CCC=C(c1ccc(F)cc1)c1ccc(F)cc1)CC2. The monoisotopic (exact) mass is 554 g/mol. The molecule has 2 saturated heterocycles. The third-order valence-corrected chi connectivity index (χ3v) is 8.54. The molecule has 1 amide bonds. The van der Waals surface area contributed by atoms with E-state index in [9.17, 15) is 18.7 Å². The van der Waals surface area contributed by atoms with Crippen molar-refractivity contribution >= 4 is 28.1 Å². The maximum absolute atomic E-state index is 13.6. The average molecular weight is 555 g/mol. The topological polar surface area (TPSA) is 53.0 Å². The van der Waals surface area contributed by atoms with Gasteiger partial charge >= 0.3 is 6.09 Å². The Hall–Kier alpha value is -4.07. The number of anilines is 1. The maximum atomic E-state index is 13.6. The largest absolute Gasteiger partial charge is 0.437 e. The third kappa shape index (κ3) is 5.00. The molecule has 210 valence electrons. The Balaban J connectivity index is 1.16. The average Bonchev–Trinajstić information content (AvgIpc) is 3.16. The molecule has 5 nitrogen and oxygen atoms in total. The second kappa shape index (κ2) is 10.7. The lowest BCUT2D eigenvalue weighted by Gasteiger charge is -2.45. The van der Waals surface area contributed by atoms with E-state index in [1.54, 1.807) is 31.2 Å². The van der Waals surface area contributed by atoms with E-state index in [4.69, 9.17) is 4.74 Å². The van der Waals surface area contributed by atoms with Crippen LogP contribution in [0, 0.1) is 11.6 Å². The molecular weight excluding hydrogens is 522 g/mol. The number of rotatable bonds is 6. The predicted molar refractivity (Wildman–Crippen MR) is 156 cm³/mol. The van der Waals surface area contributed by atoms with Gasteiger partial charge in [0.1, 0.15) is 11.6 Å². The van der Waals surface area contributed by atoms with E-state index in [2.05, 4.69) is 11.0 Å². The summed E-state index contributed by atoms with van der Waals surface area (Å²) in [4.78, 5) is 16.9. The molecule has 0 radical (unpaired) electrons. The van der Waals surface area contributed by atoms with E-state index in [1.165, 1.54) is 29.2 Å². The highest BCUT2D eigenvalue weighted by molar-refractivity contribution is 6.03. The van der Waals surface area contributed by atoms with E-state index in [0.29, 0.717) is 31.6 Å². The summed E-state index contributed by atoms with van der Waals surface area (Å²) in [5, 5.41) is 13.7. The van der Waals surface area contributed by atoms with Crippen molar-refractivity contribution in [3.63, 3.8) is 0 Å². The van der Waals surface area contributed by atoms with E-state index in [1.807, 2.05) is 42.5 Å². The van der Waals surface area contributed by atoms with Gasteiger partial charge in [-0.2, -0.15) is 0 Å². The van der Waals surface area contributed by atoms with E-state index < -0.39 is 17.4 Å². The van der Waals surface area contributed by atoms with Gasteiger partial charge in [0, 0.05) is 37.9 Å². The van der Waals surface area contributed by atoms with Crippen LogP contribution in [-0.4, -0.2) is 47.1 Å². The second-order valence-corrected chi connectivity index (χ2v) is 11.0. The minimum Gasteiger partial charge on any atom is -0.437 e. The van der Waals surface area contributed by atoms with Gasteiger partial charge in [0.05, 0.1) is 5.69 Å². The Morgan fingerprint density at radius 3 is 2.10 bits per heavy atom. The van der Waals surface area contributed by atoms with Crippen LogP contribution in [0.1, 0.15) is 37.3 Å². The van der Waals surface area contributed by atoms with Gasteiger partial charge in [0.15, 0.2) is 11.3 Å². The molecule has 41 heavy (non-hydrogen) atoms. The first-order chi connectivity index (χ1) is 19.8. The van der Waals surface area contributed by atoms with Gasteiger partial charge in [0.2, 0.25) is 0 Å². The number of halogens is 2. The van der Waals surface area contributed by atoms with Crippen LogP contribution in [0.15, 0.2) is 97.1 Å². The van der Waals surface area contributed by atoms with Crippen molar-refractivity contribution in [2.45, 2.75) is 37.5 Å². The summed E-state index contributed by atoms with van der Waals surface area (Å²) < 4.78 is 33.1. The molecule has 0 aromatic heterocycles. The molecule has 4 aromatic carbocycles. The Morgan fingerprint density at radius 2 is 1.46 bits per heavy atom. The molecule has 1 unspecified atom stereocenters. The van der Waals surface area contributed by atoms with Crippen LogP contribution < -0.4 is 4.90 Å². The summed E-state index contributed by atoms with van der Waals surface area (Å²) in [6, 6.07) is 26.1. The van der Waals surface area contributed by atoms with Crippen LogP contribution in [0.25, 0.3) is 16.3 Å². The molecule has 6 rings (SSSR count). The number of piperidine rings is 1. The summed E-state index contributed by atoms with van der Waals surface area (Å²) in [6.07, 6.45) is 3.28. The number of nitrogens with zero attached hydrogens (tertiary/aromatic N) is 2. The lowest BCUT2D eigenvalue weighted by atomic mass is 9.81. The molecule has 0 saturated carbocycles. The number of amides is 1. The van der Waals surface area contributed by atoms with Crippen molar-refractivity contribution in [3.8, 4) is 0 Å². The molecule has 2 aliphatic rings. The number of carbonyl (C=O) groups excluding carboxylic acids is 1. The van der Waals surface area contributed by atoms with Gasteiger partial charge in [-0.25, -0.2) is 18.5 Å². The van der Waals surface area contributed by atoms with Crippen LogP contribution in [0.5, 0.6) is 0 Å². The molecule has 0 bridgehead atoms. The Labute approximate surface area is 238 Å². The summed E-state index contributed by atoms with van der Waals surface area (Å²) in [5.74, 6) is -0.617. The molecule has 1 atom stereocenters. The first-order valence-corrected chi connectivity index (χ1v) is 14.0. The number of likely N-dealkylation sites (tertiary alicyclic amines) is 1. The fourth-order valence-electron chi connectivity index (χ4n) is 6.19. The zero-order valence-electron chi connectivity index (χ0n) is 22.9. The lowest BCUT2D eigenvalue weighted by Crippen LogP contribution is -2.60. The molecule has 7 heteroatoms. The number of hydrogen-bond donors (Lipinski definition) is 1. The van der Waals surface area contributed by atoms with Crippen molar-refractivity contribution in [1.29, 1.82) is 0 Å². The normalized spacial score (nSPS) is 20.4. The zero-order chi connectivity index (χ0) is 28.6. The molecule has 1 N–H and O–H groups in total. The number of carbonyl (C=O) groups is 1. The summed E-state index contributed by atoms with van der Waals surface area (Å²) in [5.41, 5.74) is 0.740. The van der Waals surface area contributed by atoms with Gasteiger partial charge in [-0.3, -0.25) is 0 Å². The highest BCUT2D eigenvalue weighted by Crippen LogP contribution is 2.47. The highest BCUT2D eigenvalue weighted by Gasteiger charge is 2.63. The first kappa shape index (κ1) is 27.1. The second-order valence-electron chi connectivity index (χ2n) is 11.0. The van der Waals surface area contributed by atoms with Crippen molar-refractivity contribution in [3.05, 3.63) is 120 Å². The quantitative estimate of drug-likeness (QED) is 0.275. The van der Waals surface area contributed by atoms with Gasteiger partial charge in [-0.15, -0.1) is 0 Å². The minimum absolute atomic E-state index is 0.308. The number of aliphatic hydroxyl groups is 1. The van der Waals surface area contributed by atoms with Crippen LogP contribution in [0.2, 0.25) is 0 Å². The molecule has 0 aliphatic carbocycles. The Morgan fingerprint density at radius 1 is 0.878 bits per heavy atom. The van der Waals surface area contributed by atoms with Gasteiger partial charge in [-0.05, 0) is 65.8 Å². The molecule has 1 spiro atoms. The van der Waals surface area contributed by atoms with Crippen LogP contribution in [-0.2, 0) is 4.74 Å². The van der Waals surface area contributed by atoms with E-state index >= 15 is 0 Å². The van der Waals surface area contributed by atoms with Gasteiger partial charge in [-0.1, -0.05) is 66.7 Å². The third-order valence-electron chi connectivity index (χ3n) is 8.54. The smallest absolute Gasteiger partial charge is 0.417 e. The lowest BCUT2D eigenvalue weighted by molar-refractivity contribution is -0.124. The van der Waals surface area contributed by atoms with Crippen LogP contribution in [0.4, 0.5) is 19.3 Å². The van der Waals surface area contributed by atoms with E-state index in [0.717, 1.165) is 40.4 Å². The molecular formula is C34H32F2N2O3. The standard InChI is InChI=1S/C34H32F2N2O3/c1-33(40)34(41-32(39)38(33)31-10-4-7-24-6-2-3-8-30(24)31)19-22-37(23-20-34)21-5-9-29(25-11-15-27(35)16-12-25)26-13-17-28(36)18-14-26/h2-4,6-18,40H,5,19-23H2,1H3. The summed E-state index contributed by atoms with van der Waals surface area (Å²) in [6.45, 7) is 3.74. The number of ether oxygens (including phenoxy) is 1. The minimum atomic E-state index is -1.52. The summed E-state index contributed by atoms with van der Waals surface area (Å²) >= 11 is 0. The number of fused-ring (bicyclic) bond motifs is 1. The number of hydrogen-bond acceptors (Lipinski definition) is 4. The zero-order valence-corrected chi connectivity index (χ0v) is 22.9. The fourth-order valence-corrected chi connectivity index (χ4v) is 6.19. The first-order valence-electron chi connectivity index (χ1n) is 14.0. The van der Waals surface area contributed by atoms with E-state index in [-0.39, 0.29) is 11.6 Å². The van der Waals surface area contributed by atoms with Gasteiger partial charge < -0.3 is 14.7 Å². The Bertz CT molecular complexity index is 1540. The number of benzene rings is 4. The van der Waals surface area contributed by atoms with Crippen LogP contribution >= 0.6 is 0 Å². The van der Waals surface area contributed by atoms with Gasteiger partial charge in [0.25, 0.3) is 0 Å². The predicted octanol–water partition coefficient (Wildman–Crippen LogP) is 7.14. The molecule has 4 aromatic rings. The summed E-state index contributed by atoms with van der Waals surface area (Å²) in [7, 11) is 0.